The lowest BCUT2D eigenvalue weighted by atomic mass is 10.1. The van der Waals surface area contributed by atoms with Crippen LogP contribution in [0.3, 0.4) is 0 Å². The zero-order valence-corrected chi connectivity index (χ0v) is 12.0. The summed E-state index contributed by atoms with van der Waals surface area (Å²) in [6.07, 6.45) is 7.37. The molecule has 0 heterocycles. The van der Waals surface area contributed by atoms with E-state index in [9.17, 15) is 4.79 Å². The van der Waals surface area contributed by atoms with Crippen molar-refractivity contribution in [3.8, 4) is 0 Å². The Labute approximate surface area is 111 Å². The largest absolute Gasteiger partial charge is 0.368 e. The molecule has 0 bridgehead atoms. The highest BCUT2D eigenvalue weighted by atomic mass is 16.1. The van der Waals surface area contributed by atoms with E-state index in [1.54, 1.807) is 0 Å². The number of carbonyl (C=O) groups is 1. The Morgan fingerprint density at radius 3 is 2.67 bits per heavy atom. The van der Waals surface area contributed by atoms with E-state index in [4.69, 9.17) is 5.73 Å². The van der Waals surface area contributed by atoms with Crippen LogP contribution >= 0.6 is 0 Å². The molecular weight excluding hydrogens is 226 g/mol. The normalized spacial score (nSPS) is 18.4. The van der Waals surface area contributed by atoms with Crippen LogP contribution in [0.5, 0.6) is 0 Å². The van der Waals surface area contributed by atoms with Crippen LogP contribution in [0.25, 0.3) is 0 Å². The molecule has 0 saturated heterocycles. The van der Waals surface area contributed by atoms with E-state index in [0.29, 0.717) is 0 Å². The first-order chi connectivity index (χ1) is 8.63. The smallest absolute Gasteiger partial charge is 0.234 e. The van der Waals surface area contributed by atoms with Crippen LogP contribution in [0.4, 0.5) is 0 Å². The fraction of sp³-hybridized carbons (Fsp3) is 0.929. The van der Waals surface area contributed by atoms with Gasteiger partial charge in [-0.2, -0.15) is 0 Å². The Morgan fingerprint density at radius 2 is 2.11 bits per heavy atom. The minimum Gasteiger partial charge on any atom is -0.368 e. The molecule has 1 aliphatic carbocycles. The van der Waals surface area contributed by atoms with Gasteiger partial charge >= 0.3 is 0 Å². The molecule has 0 aromatic heterocycles. The molecule has 0 aromatic carbocycles. The molecular formula is C14H29N3O. The molecule has 0 radical (unpaired) electrons. The highest BCUT2D eigenvalue weighted by Crippen LogP contribution is 2.25. The highest BCUT2D eigenvalue weighted by molar-refractivity contribution is 5.79. The second kappa shape index (κ2) is 8.48. The van der Waals surface area contributed by atoms with Gasteiger partial charge in [0.25, 0.3) is 0 Å². The number of nitrogens with zero attached hydrogens (tertiary/aromatic N) is 1. The maximum atomic E-state index is 11.3. The summed E-state index contributed by atoms with van der Waals surface area (Å²) in [5, 5.41) is 3.22. The molecule has 1 unspecified atom stereocenters. The quantitative estimate of drug-likeness (QED) is 0.654. The number of nitrogens with one attached hydrogen (secondary N) is 1. The summed E-state index contributed by atoms with van der Waals surface area (Å²) in [5.74, 6) is 0.642. The van der Waals surface area contributed by atoms with Crippen LogP contribution in [-0.4, -0.2) is 43.5 Å². The number of amides is 1. The number of hydrogen-bond donors (Lipinski definition) is 2. The minimum absolute atomic E-state index is 0.170. The molecule has 1 amide bonds. The average Bonchev–Trinajstić information content (AvgIpc) is 2.81. The Hall–Kier alpha value is -0.610. The van der Waals surface area contributed by atoms with Crippen LogP contribution in [0.1, 0.15) is 45.4 Å². The van der Waals surface area contributed by atoms with Crippen molar-refractivity contribution in [1.82, 2.24) is 10.2 Å². The number of carbonyl (C=O) groups excluding carboxylic acids is 1. The number of hydrogen-bond acceptors (Lipinski definition) is 3. The Bertz CT molecular complexity index is 239. The Morgan fingerprint density at radius 1 is 1.44 bits per heavy atom. The fourth-order valence-corrected chi connectivity index (χ4v) is 2.74. The summed E-state index contributed by atoms with van der Waals surface area (Å²) >= 11 is 0. The third-order valence-corrected chi connectivity index (χ3v) is 3.83. The van der Waals surface area contributed by atoms with E-state index >= 15 is 0 Å². The van der Waals surface area contributed by atoms with Crippen LogP contribution in [0.2, 0.25) is 0 Å². The second-order valence-electron chi connectivity index (χ2n) is 5.61. The van der Waals surface area contributed by atoms with Gasteiger partial charge in [-0.15, -0.1) is 0 Å². The molecule has 106 valence electrons. The molecule has 1 rings (SSSR count). The molecule has 3 N–H and O–H groups in total. The van der Waals surface area contributed by atoms with Crippen LogP contribution < -0.4 is 11.1 Å². The van der Waals surface area contributed by atoms with Crippen LogP contribution in [0.15, 0.2) is 0 Å². The molecule has 0 spiro atoms. The lowest BCUT2D eigenvalue weighted by Gasteiger charge is -2.23. The van der Waals surface area contributed by atoms with Gasteiger partial charge in [-0.1, -0.05) is 19.8 Å². The SMILES string of the molecule is CCCNC(CCN(C)CC1CCCC1)C(N)=O. The standard InChI is InChI=1S/C14H29N3O/c1-3-9-16-13(14(15)18)8-10-17(2)11-12-6-4-5-7-12/h12-13,16H,3-11H2,1-2H3,(H2,15,18). The van der Waals surface area contributed by atoms with Gasteiger partial charge in [0.1, 0.15) is 0 Å². The highest BCUT2D eigenvalue weighted by Gasteiger charge is 2.18. The van der Waals surface area contributed by atoms with Gasteiger partial charge in [-0.05, 0) is 51.7 Å². The summed E-state index contributed by atoms with van der Waals surface area (Å²) < 4.78 is 0. The fourth-order valence-electron chi connectivity index (χ4n) is 2.74. The summed E-state index contributed by atoms with van der Waals surface area (Å²) in [4.78, 5) is 13.7. The van der Waals surface area contributed by atoms with E-state index in [1.807, 2.05) is 0 Å². The summed E-state index contributed by atoms with van der Waals surface area (Å²) in [6.45, 7) is 5.07. The number of rotatable bonds is 9. The molecule has 18 heavy (non-hydrogen) atoms. The van der Waals surface area contributed by atoms with Crippen LogP contribution in [0, 0.1) is 5.92 Å². The van der Waals surface area contributed by atoms with E-state index in [2.05, 4.69) is 24.2 Å². The monoisotopic (exact) mass is 255 g/mol. The van der Waals surface area contributed by atoms with E-state index in [0.717, 1.165) is 31.8 Å². The maximum absolute atomic E-state index is 11.3. The zero-order valence-electron chi connectivity index (χ0n) is 12.0. The summed E-state index contributed by atoms with van der Waals surface area (Å²) in [7, 11) is 2.15. The summed E-state index contributed by atoms with van der Waals surface area (Å²) in [6, 6.07) is -0.170. The van der Waals surface area contributed by atoms with Crippen molar-refractivity contribution < 1.29 is 4.79 Å². The number of primary amides is 1. The maximum Gasteiger partial charge on any atom is 0.234 e. The van der Waals surface area contributed by atoms with Crippen molar-refractivity contribution in [3.05, 3.63) is 0 Å². The van der Waals surface area contributed by atoms with Crippen molar-refractivity contribution in [3.63, 3.8) is 0 Å². The third-order valence-electron chi connectivity index (χ3n) is 3.83. The average molecular weight is 255 g/mol. The molecule has 1 atom stereocenters. The van der Waals surface area contributed by atoms with Crippen molar-refractivity contribution >= 4 is 5.91 Å². The van der Waals surface area contributed by atoms with Crippen molar-refractivity contribution in [2.75, 3.05) is 26.7 Å². The van der Waals surface area contributed by atoms with Gasteiger partial charge in [-0.3, -0.25) is 4.79 Å². The van der Waals surface area contributed by atoms with Gasteiger partial charge in [0.15, 0.2) is 0 Å². The van der Waals surface area contributed by atoms with Gasteiger partial charge in [0.2, 0.25) is 5.91 Å². The van der Waals surface area contributed by atoms with Crippen molar-refractivity contribution in [2.45, 2.75) is 51.5 Å². The Balaban J connectivity index is 2.20. The minimum atomic E-state index is -0.224. The van der Waals surface area contributed by atoms with Gasteiger partial charge in [0.05, 0.1) is 6.04 Å². The lowest BCUT2D eigenvalue weighted by molar-refractivity contribution is -0.120. The molecule has 0 aromatic rings. The zero-order chi connectivity index (χ0) is 13.4. The van der Waals surface area contributed by atoms with E-state index in [-0.39, 0.29) is 11.9 Å². The van der Waals surface area contributed by atoms with Gasteiger partial charge in [0, 0.05) is 6.54 Å². The molecule has 0 aliphatic heterocycles. The predicted molar refractivity (Wildman–Crippen MR) is 75.3 cm³/mol. The predicted octanol–water partition coefficient (Wildman–Crippen LogP) is 1.35. The number of nitrogens with two attached hydrogens (primary N) is 1. The van der Waals surface area contributed by atoms with Gasteiger partial charge in [-0.25, -0.2) is 0 Å². The lowest BCUT2D eigenvalue weighted by Crippen LogP contribution is -2.43. The second-order valence-corrected chi connectivity index (χ2v) is 5.61. The van der Waals surface area contributed by atoms with Gasteiger partial charge < -0.3 is 16.0 Å². The molecule has 1 saturated carbocycles. The Kier molecular flexibility index (Phi) is 7.28. The molecule has 4 heteroatoms. The topological polar surface area (TPSA) is 58.4 Å². The van der Waals surface area contributed by atoms with E-state index < -0.39 is 0 Å². The third kappa shape index (κ3) is 5.83. The van der Waals surface area contributed by atoms with Crippen molar-refractivity contribution in [1.29, 1.82) is 0 Å². The first kappa shape index (κ1) is 15.4. The van der Waals surface area contributed by atoms with Crippen LogP contribution in [-0.2, 0) is 4.79 Å². The molecule has 1 aliphatic rings. The first-order valence-corrected chi connectivity index (χ1v) is 7.34. The molecule has 4 nitrogen and oxygen atoms in total. The summed E-state index contributed by atoms with van der Waals surface area (Å²) in [5.41, 5.74) is 5.41. The molecule has 1 fully saturated rings. The van der Waals surface area contributed by atoms with Crippen molar-refractivity contribution in [2.24, 2.45) is 11.7 Å². The first-order valence-electron chi connectivity index (χ1n) is 7.34. The van der Waals surface area contributed by atoms with E-state index in [1.165, 1.54) is 32.2 Å².